The highest BCUT2D eigenvalue weighted by molar-refractivity contribution is 5.95. The summed E-state index contributed by atoms with van der Waals surface area (Å²) in [5.41, 5.74) is 1.73. The summed E-state index contributed by atoms with van der Waals surface area (Å²) in [6.07, 6.45) is 0. The molecule has 0 unspecified atom stereocenters. The highest BCUT2D eigenvalue weighted by Gasteiger charge is 2.10. The van der Waals surface area contributed by atoms with Crippen LogP contribution in [0.1, 0.15) is 46.0 Å². The summed E-state index contributed by atoms with van der Waals surface area (Å²) >= 11 is 0. The molecule has 2 rings (SSSR count). The number of hydrogen-bond donors (Lipinski definition) is 2. The SMILES string of the molecule is CC(C)c1ccc(C(=O)NCCNC(=O)c2ccccc2F)cc1. The van der Waals surface area contributed by atoms with Gasteiger partial charge in [-0.1, -0.05) is 38.1 Å². The molecule has 0 aliphatic carbocycles. The van der Waals surface area contributed by atoms with Crippen LogP contribution in [0.2, 0.25) is 0 Å². The molecule has 2 N–H and O–H groups in total. The minimum atomic E-state index is -0.565. The van der Waals surface area contributed by atoms with Gasteiger partial charge in [0.1, 0.15) is 5.82 Å². The second-order valence-corrected chi connectivity index (χ2v) is 5.77. The molecular formula is C19H21FN2O2. The van der Waals surface area contributed by atoms with Crippen molar-refractivity contribution in [2.45, 2.75) is 19.8 Å². The zero-order valence-corrected chi connectivity index (χ0v) is 13.8. The Kier molecular flexibility index (Phi) is 6.07. The van der Waals surface area contributed by atoms with Gasteiger partial charge in [0.15, 0.2) is 0 Å². The van der Waals surface area contributed by atoms with Crippen molar-refractivity contribution in [3.05, 3.63) is 71.0 Å². The van der Waals surface area contributed by atoms with Gasteiger partial charge in [-0.05, 0) is 35.7 Å². The molecule has 0 heterocycles. The summed E-state index contributed by atoms with van der Waals surface area (Å²) in [5, 5.41) is 5.30. The molecule has 0 spiro atoms. The Balaban J connectivity index is 1.78. The Morgan fingerprint density at radius 3 is 2.08 bits per heavy atom. The topological polar surface area (TPSA) is 58.2 Å². The van der Waals surface area contributed by atoms with Crippen molar-refractivity contribution < 1.29 is 14.0 Å². The molecular weight excluding hydrogens is 307 g/mol. The number of carbonyl (C=O) groups is 2. The first-order valence-electron chi connectivity index (χ1n) is 7.90. The third-order valence-electron chi connectivity index (χ3n) is 3.65. The number of rotatable bonds is 6. The van der Waals surface area contributed by atoms with E-state index in [1.165, 1.54) is 23.8 Å². The lowest BCUT2D eigenvalue weighted by Gasteiger charge is -2.09. The highest BCUT2D eigenvalue weighted by atomic mass is 19.1. The van der Waals surface area contributed by atoms with Crippen molar-refractivity contribution in [3.8, 4) is 0 Å². The molecule has 0 bridgehead atoms. The van der Waals surface area contributed by atoms with Crippen LogP contribution < -0.4 is 10.6 Å². The number of halogens is 1. The van der Waals surface area contributed by atoms with Gasteiger partial charge < -0.3 is 10.6 Å². The fourth-order valence-electron chi connectivity index (χ4n) is 2.21. The van der Waals surface area contributed by atoms with Crippen LogP contribution in [0.15, 0.2) is 48.5 Å². The van der Waals surface area contributed by atoms with Crippen LogP contribution >= 0.6 is 0 Å². The van der Waals surface area contributed by atoms with Gasteiger partial charge in [0, 0.05) is 18.7 Å². The zero-order chi connectivity index (χ0) is 17.5. The summed E-state index contributed by atoms with van der Waals surface area (Å²) in [5.74, 6) is -0.853. The Bertz CT molecular complexity index is 712. The molecule has 0 atom stereocenters. The largest absolute Gasteiger partial charge is 0.350 e. The van der Waals surface area contributed by atoms with E-state index in [1.807, 2.05) is 12.1 Å². The maximum atomic E-state index is 13.5. The van der Waals surface area contributed by atoms with Gasteiger partial charge in [0.2, 0.25) is 0 Å². The molecule has 0 fully saturated rings. The van der Waals surface area contributed by atoms with E-state index in [1.54, 1.807) is 18.2 Å². The normalized spacial score (nSPS) is 10.5. The van der Waals surface area contributed by atoms with E-state index in [2.05, 4.69) is 24.5 Å². The van der Waals surface area contributed by atoms with Gasteiger partial charge in [-0.15, -0.1) is 0 Å². The van der Waals surface area contributed by atoms with Crippen molar-refractivity contribution in [2.24, 2.45) is 0 Å². The number of hydrogen-bond acceptors (Lipinski definition) is 2. The minimum absolute atomic E-state index is 0.00639. The molecule has 24 heavy (non-hydrogen) atoms. The fraction of sp³-hybridized carbons (Fsp3) is 0.263. The monoisotopic (exact) mass is 328 g/mol. The van der Waals surface area contributed by atoms with Gasteiger partial charge in [-0.25, -0.2) is 4.39 Å². The highest BCUT2D eigenvalue weighted by Crippen LogP contribution is 2.14. The van der Waals surface area contributed by atoms with Crippen LogP contribution in [-0.4, -0.2) is 24.9 Å². The number of benzene rings is 2. The van der Waals surface area contributed by atoms with Crippen LogP contribution in [0, 0.1) is 5.82 Å². The third-order valence-corrected chi connectivity index (χ3v) is 3.65. The first kappa shape index (κ1) is 17.7. The second-order valence-electron chi connectivity index (χ2n) is 5.77. The standard InChI is InChI=1S/C19H21FN2O2/c1-13(2)14-7-9-15(10-8-14)18(23)21-11-12-22-19(24)16-5-3-4-6-17(16)20/h3-10,13H,11-12H2,1-2H3,(H,21,23)(H,22,24). The van der Waals surface area contributed by atoms with E-state index in [0.29, 0.717) is 11.5 Å². The molecule has 4 nitrogen and oxygen atoms in total. The Morgan fingerprint density at radius 2 is 1.50 bits per heavy atom. The van der Waals surface area contributed by atoms with E-state index in [4.69, 9.17) is 0 Å². The number of amides is 2. The van der Waals surface area contributed by atoms with Crippen LogP contribution in [0.3, 0.4) is 0 Å². The van der Waals surface area contributed by atoms with E-state index in [0.717, 1.165) is 0 Å². The molecule has 0 radical (unpaired) electrons. The fourth-order valence-corrected chi connectivity index (χ4v) is 2.21. The Hall–Kier alpha value is -2.69. The molecule has 2 aromatic carbocycles. The molecule has 0 saturated carbocycles. The summed E-state index contributed by atoms with van der Waals surface area (Å²) < 4.78 is 13.5. The minimum Gasteiger partial charge on any atom is -0.350 e. The molecule has 5 heteroatoms. The predicted molar refractivity (Wildman–Crippen MR) is 91.6 cm³/mol. The maximum absolute atomic E-state index is 13.5. The summed E-state index contributed by atoms with van der Waals surface area (Å²) in [6.45, 7) is 4.68. The zero-order valence-electron chi connectivity index (χ0n) is 13.8. The van der Waals surface area contributed by atoms with Gasteiger partial charge in [-0.2, -0.15) is 0 Å². The smallest absolute Gasteiger partial charge is 0.254 e. The van der Waals surface area contributed by atoms with E-state index >= 15 is 0 Å². The van der Waals surface area contributed by atoms with Crippen molar-refractivity contribution in [2.75, 3.05) is 13.1 Å². The average molecular weight is 328 g/mol. The van der Waals surface area contributed by atoms with Crippen LogP contribution in [0.25, 0.3) is 0 Å². The summed E-state index contributed by atoms with van der Waals surface area (Å²) in [6, 6.07) is 13.2. The maximum Gasteiger partial charge on any atom is 0.254 e. The molecule has 0 aliphatic rings. The van der Waals surface area contributed by atoms with Crippen LogP contribution in [0.5, 0.6) is 0 Å². The lowest BCUT2D eigenvalue weighted by molar-refractivity contribution is 0.0925. The molecule has 2 aromatic rings. The van der Waals surface area contributed by atoms with Crippen molar-refractivity contribution in [1.82, 2.24) is 10.6 Å². The van der Waals surface area contributed by atoms with Crippen molar-refractivity contribution >= 4 is 11.8 Å². The van der Waals surface area contributed by atoms with Crippen LogP contribution in [0.4, 0.5) is 4.39 Å². The van der Waals surface area contributed by atoms with Crippen molar-refractivity contribution in [1.29, 1.82) is 0 Å². The molecule has 0 saturated heterocycles. The van der Waals surface area contributed by atoms with Gasteiger partial charge in [0.25, 0.3) is 11.8 Å². The van der Waals surface area contributed by atoms with Crippen LogP contribution in [-0.2, 0) is 0 Å². The molecule has 0 aromatic heterocycles. The first-order valence-corrected chi connectivity index (χ1v) is 7.90. The van der Waals surface area contributed by atoms with Gasteiger partial charge in [0.05, 0.1) is 5.56 Å². The average Bonchev–Trinajstić information content (AvgIpc) is 2.58. The van der Waals surface area contributed by atoms with E-state index < -0.39 is 11.7 Å². The lowest BCUT2D eigenvalue weighted by Crippen LogP contribution is -2.35. The predicted octanol–water partition coefficient (Wildman–Crippen LogP) is 3.11. The van der Waals surface area contributed by atoms with Gasteiger partial charge in [-0.3, -0.25) is 9.59 Å². The summed E-state index contributed by atoms with van der Waals surface area (Å²) in [7, 11) is 0. The number of nitrogens with one attached hydrogen (secondary N) is 2. The van der Waals surface area contributed by atoms with Crippen molar-refractivity contribution in [3.63, 3.8) is 0 Å². The Morgan fingerprint density at radius 1 is 0.917 bits per heavy atom. The van der Waals surface area contributed by atoms with E-state index in [9.17, 15) is 14.0 Å². The molecule has 2 amide bonds. The molecule has 0 aliphatic heterocycles. The van der Waals surface area contributed by atoms with Gasteiger partial charge >= 0.3 is 0 Å². The second kappa shape index (κ2) is 8.24. The third kappa shape index (κ3) is 4.65. The quantitative estimate of drug-likeness (QED) is 0.801. The lowest BCUT2D eigenvalue weighted by atomic mass is 10.0. The molecule has 126 valence electrons. The van der Waals surface area contributed by atoms with E-state index in [-0.39, 0.29) is 24.6 Å². The first-order chi connectivity index (χ1) is 11.5. The Labute approximate surface area is 141 Å². The summed E-state index contributed by atoms with van der Waals surface area (Å²) in [4.78, 5) is 23.8. The number of carbonyl (C=O) groups excluding carboxylic acids is 2.